The molecule has 1 heterocycles. The predicted molar refractivity (Wildman–Crippen MR) is 108 cm³/mol. The van der Waals surface area contributed by atoms with Crippen LogP contribution in [-0.4, -0.2) is 31.7 Å². The topological polar surface area (TPSA) is 66.5 Å². The van der Waals surface area contributed by atoms with Gasteiger partial charge in [-0.25, -0.2) is 12.7 Å². The largest absolute Gasteiger partial charge is 0.322 e. The Labute approximate surface area is 161 Å². The third-order valence-electron chi connectivity index (χ3n) is 4.75. The van der Waals surface area contributed by atoms with Gasteiger partial charge in [0, 0.05) is 24.3 Å². The number of hydrogen-bond acceptors (Lipinski definition) is 3. The zero-order valence-electron chi connectivity index (χ0n) is 15.9. The fourth-order valence-corrected chi connectivity index (χ4v) is 5.06. The number of hydrogen-bond donors (Lipinski definition) is 1. The number of piperidine rings is 1. The number of anilines is 1. The second-order valence-corrected chi connectivity index (χ2v) is 9.21. The molecule has 144 valence electrons. The van der Waals surface area contributed by atoms with Crippen molar-refractivity contribution in [2.45, 2.75) is 38.9 Å². The number of nitrogens with one attached hydrogen (secondary N) is 1. The molecule has 2 aromatic rings. The Bertz CT molecular complexity index is 895. The van der Waals surface area contributed by atoms with Crippen molar-refractivity contribution in [2.75, 3.05) is 18.4 Å². The molecule has 0 spiro atoms. The first-order chi connectivity index (χ1) is 12.8. The Kier molecular flexibility index (Phi) is 5.97. The summed E-state index contributed by atoms with van der Waals surface area (Å²) in [5.74, 6) is -0.225. The number of nitrogens with zero attached hydrogens (tertiary/aromatic N) is 1. The number of aryl methyl sites for hydroxylation is 2. The van der Waals surface area contributed by atoms with Crippen LogP contribution in [0.2, 0.25) is 0 Å². The van der Waals surface area contributed by atoms with Gasteiger partial charge in [-0.15, -0.1) is 0 Å². The highest BCUT2D eigenvalue weighted by atomic mass is 32.2. The van der Waals surface area contributed by atoms with Gasteiger partial charge in [0.1, 0.15) is 0 Å². The molecule has 1 amide bonds. The molecule has 27 heavy (non-hydrogen) atoms. The van der Waals surface area contributed by atoms with Crippen LogP contribution in [0, 0.1) is 13.8 Å². The third-order valence-corrected chi connectivity index (χ3v) is 6.60. The van der Waals surface area contributed by atoms with Crippen molar-refractivity contribution in [1.29, 1.82) is 0 Å². The molecule has 0 aromatic heterocycles. The van der Waals surface area contributed by atoms with Gasteiger partial charge >= 0.3 is 0 Å². The molecule has 2 aromatic carbocycles. The number of rotatable bonds is 5. The van der Waals surface area contributed by atoms with Crippen LogP contribution in [0.5, 0.6) is 0 Å². The maximum absolute atomic E-state index is 12.5. The molecule has 3 rings (SSSR count). The molecule has 1 fully saturated rings. The van der Waals surface area contributed by atoms with Crippen LogP contribution in [0.1, 0.15) is 46.3 Å². The highest BCUT2D eigenvalue weighted by molar-refractivity contribution is 7.88. The number of carbonyl (C=O) groups is 1. The lowest BCUT2D eigenvalue weighted by atomic mass is 10.1. The first-order valence-electron chi connectivity index (χ1n) is 9.30. The molecule has 0 saturated carbocycles. The molecule has 6 heteroatoms. The predicted octanol–water partition coefficient (Wildman–Crippen LogP) is 3.87. The summed E-state index contributed by atoms with van der Waals surface area (Å²) in [5.41, 5.74) is 4.14. The molecular weight excluding hydrogens is 360 g/mol. The monoisotopic (exact) mass is 386 g/mol. The molecule has 0 unspecified atom stereocenters. The summed E-state index contributed by atoms with van der Waals surface area (Å²) in [6.45, 7) is 5.19. The molecular formula is C21H26N2O3S. The van der Waals surface area contributed by atoms with Crippen molar-refractivity contribution in [3.8, 4) is 0 Å². The van der Waals surface area contributed by atoms with Crippen molar-refractivity contribution < 1.29 is 13.2 Å². The molecule has 5 nitrogen and oxygen atoms in total. The van der Waals surface area contributed by atoms with Gasteiger partial charge in [-0.05, 0) is 67.6 Å². The minimum Gasteiger partial charge on any atom is -0.322 e. The average Bonchev–Trinajstić information content (AvgIpc) is 2.62. The normalized spacial score (nSPS) is 15.5. The van der Waals surface area contributed by atoms with Crippen LogP contribution in [0.15, 0.2) is 42.5 Å². The molecule has 0 bridgehead atoms. The first kappa shape index (κ1) is 19.6. The molecule has 0 radical (unpaired) electrons. The highest BCUT2D eigenvalue weighted by Crippen LogP contribution is 2.18. The summed E-state index contributed by atoms with van der Waals surface area (Å²) in [7, 11) is -3.29. The first-order valence-corrected chi connectivity index (χ1v) is 10.9. The van der Waals surface area contributed by atoms with Crippen LogP contribution >= 0.6 is 0 Å². The SMILES string of the molecule is Cc1cc(C)cc(NC(=O)c2ccc(CS(=O)(=O)N3CCCCC3)cc2)c1. The standard InChI is InChI=1S/C21H26N2O3S/c1-16-12-17(2)14-20(13-16)22-21(24)19-8-6-18(7-9-19)15-27(25,26)23-10-4-3-5-11-23/h6-9,12-14H,3-5,10-11,15H2,1-2H3,(H,22,24). The lowest BCUT2D eigenvalue weighted by Crippen LogP contribution is -2.36. The van der Waals surface area contributed by atoms with Gasteiger partial charge in [-0.3, -0.25) is 4.79 Å². The van der Waals surface area contributed by atoms with E-state index in [1.54, 1.807) is 28.6 Å². The average molecular weight is 387 g/mol. The van der Waals surface area contributed by atoms with Crippen LogP contribution in [0.4, 0.5) is 5.69 Å². The van der Waals surface area contributed by atoms with Gasteiger partial charge in [0.05, 0.1) is 5.75 Å². The Morgan fingerprint density at radius 1 is 0.963 bits per heavy atom. The van der Waals surface area contributed by atoms with Crippen molar-refractivity contribution in [3.05, 3.63) is 64.7 Å². The van der Waals surface area contributed by atoms with E-state index in [1.165, 1.54) is 0 Å². The van der Waals surface area contributed by atoms with E-state index in [9.17, 15) is 13.2 Å². The summed E-state index contributed by atoms with van der Waals surface area (Å²) < 4.78 is 26.6. The van der Waals surface area contributed by atoms with Gasteiger partial charge in [-0.1, -0.05) is 24.6 Å². The molecule has 1 aliphatic heterocycles. The Morgan fingerprint density at radius 3 is 2.15 bits per heavy atom. The summed E-state index contributed by atoms with van der Waals surface area (Å²) in [4.78, 5) is 12.4. The Morgan fingerprint density at radius 2 is 1.56 bits per heavy atom. The zero-order valence-corrected chi connectivity index (χ0v) is 16.7. The zero-order chi connectivity index (χ0) is 19.4. The maximum atomic E-state index is 12.5. The lowest BCUT2D eigenvalue weighted by molar-refractivity contribution is 0.102. The number of amides is 1. The van der Waals surface area contributed by atoms with Gasteiger partial charge in [-0.2, -0.15) is 0 Å². The molecule has 1 saturated heterocycles. The second kappa shape index (κ2) is 8.23. The van der Waals surface area contributed by atoms with E-state index >= 15 is 0 Å². The van der Waals surface area contributed by atoms with E-state index in [1.807, 2.05) is 32.0 Å². The molecule has 0 aliphatic carbocycles. The number of benzene rings is 2. The summed E-state index contributed by atoms with van der Waals surface area (Å²) in [5, 5.41) is 2.89. The van der Waals surface area contributed by atoms with Crippen LogP contribution < -0.4 is 5.32 Å². The number of sulfonamides is 1. The van der Waals surface area contributed by atoms with E-state index < -0.39 is 10.0 Å². The fourth-order valence-electron chi connectivity index (χ4n) is 3.45. The van der Waals surface area contributed by atoms with Crippen molar-refractivity contribution in [2.24, 2.45) is 0 Å². The highest BCUT2D eigenvalue weighted by Gasteiger charge is 2.24. The van der Waals surface area contributed by atoms with Crippen LogP contribution in [0.25, 0.3) is 0 Å². The van der Waals surface area contributed by atoms with Crippen LogP contribution in [-0.2, 0) is 15.8 Å². The smallest absolute Gasteiger partial charge is 0.255 e. The Balaban J connectivity index is 1.66. The molecule has 1 N–H and O–H groups in total. The van der Waals surface area contributed by atoms with Crippen molar-refractivity contribution >= 4 is 21.6 Å². The van der Waals surface area contributed by atoms with Gasteiger partial charge < -0.3 is 5.32 Å². The number of carbonyl (C=O) groups excluding carboxylic acids is 1. The van der Waals surface area contributed by atoms with Crippen molar-refractivity contribution in [1.82, 2.24) is 4.31 Å². The Hall–Kier alpha value is -2.18. The minimum absolute atomic E-state index is 0.0219. The van der Waals surface area contributed by atoms with E-state index in [-0.39, 0.29) is 11.7 Å². The lowest BCUT2D eigenvalue weighted by Gasteiger charge is -2.25. The summed E-state index contributed by atoms with van der Waals surface area (Å²) in [6, 6.07) is 12.7. The summed E-state index contributed by atoms with van der Waals surface area (Å²) >= 11 is 0. The van der Waals surface area contributed by atoms with Gasteiger partial charge in [0.2, 0.25) is 10.0 Å². The van der Waals surface area contributed by atoms with E-state index in [4.69, 9.17) is 0 Å². The quantitative estimate of drug-likeness (QED) is 0.848. The molecule has 0 atom stereocenters. The van der Waals surface area contributed by atoms with Gasteiger partial charge in [0.15, 0.2) is 0 Å². The molecule has 1 aliphatic rings. The van der Waals surface area contributed by atoms with Crippen molar-refractivity contribution in [3.63, 3.8) is 0 Å². The maximum Gasteiger partial charge on any atom is 0.255 e. The van der Waals surface area contributed by atoms with Crippen LogP contribution in [0.3, 0.4) is 0 Å². The van der Waals surface area contributed by atoms with E-state index in [2.05, 4.69) is 5.32 Å². The third kappa shape index (κ3) is 5.17. The van der Waals surface area contributed by atoms with E-state index in [0.717, 1.165) is 36.1 Å². The van der Waals surface area contributed by atoms with E-state index in [0.29, 0.717) is 24.2 Å². The summed E-state index contributed by atoms with van der Waals surface area (Å²) in [6.07, 6.45) is 2.95. The van der Waals surface area contributed by atoms with Gasteiger partial charge in [0.25, 0.3) is 5.91 Å². The fraction of sp³-hybridized carbons (Fsp3) is 0.381. The minimum atomic E-state index is -3.29. The second-order valence-electron chi connectivity index (χ2n) is 7.24.